The number of pyridine rings is 1. The van der Waals surface area contributed by atoms with Crippen molar-refractivity contribution in [3.8, 4) is 11.3 Å². The summed E-state index contributed by atoms with van der Waals surface area (Å²) in [4.78, 5) is 15.0. The summed E-state index contributed by atoms with van der Waals surface area (Å²) in [5, 5.41) is 9.69. The van der Waals surface area contributed by atoms with E-state index in [0.717, 1.165) is 10.9 Å². The molecule has 0 spiro atoms. The van der Waals surface area contributed by atoms with Gasteiger partial charge in [0, 0.05) is 24.3 Å². The lowest BCUT2D eigenvalue weighted by molar-refractivity contribution is 0.0691. The van der Waals surface area contributed by atoms with Crippen molar-refractivity contribution in [3.05, 3.63) is 47.0 Å². The lowest BCUT2D eigenvalue weighted by Gasteiger charge is -2.10. The summed E-state index contributed by atoms with van der Waals surface area (Å²) in [6, 6.07) is 7.10. The van der Waals surface area contributed by atoms with Crippen LogP contribution in [0.2, 0.25) is 5.02 Å². The van der Waals surface area contributed by atoms with E-state index < -0.39 is 28.2 Å². The Balaban J connectivity index is 2.29. The van der Waals surface area contributed by atoms with Crippen LogP contribution in [0.4, 0.5) is 10.1 Å². The molecule has 5 nitrogen and oxygen atoms in total. The van der Waals surface area contributed by atoms with Gasteiger partial charge in [0.05, 0.1) is 10.7 Å². The molecule has 2 aromatic heterocycles. The Labute approximate surface area is 129 Å². The van der Waals surface area contributed by atoms with Crippen LogP contribution < -0.4 is 5.73 Å². The molecule has 0 radical (unpaired) electrons. The van der Waals surface area contributed by atoms with Gasteiger partial charge < -0.3 is 15.4 Å². The Kier molecular flexibility index (Phi) is 3.26. The Morgan fingerprint density at radius 2 is 2.14 bits per heavy atom. The zero-order valence-electron chi connectivity index (χ0n) is 11.5. The molecule has 0 aliphatic heterocycles. The van der Waals surface area contributed by atoms with Crippen LogP contribution in [-0.2, 0) is 7.05 Å². The fraction of sp³-hybridized carbons (Fsp3) is 0.0667. The zero-order chi connectivity index (χ0) is 16.0. The molecule has 0 fully saturated rings. The second kappa shape index (κ2) is 4.99. The topological polar surface area (TPSA) is 81.1 Å². The molecule has 0 atom stereocenters. The lowest BCUT2D eigenvalue weighted by Crippen LogP contribution is -2.08. The van der Waals surface area contributed by atoms with Crippen LogP contribution in [-0.4, -0.2) is 20.6 Å². The normalized spacial score (nSPS) is 11.0. The monoisotopic (exact) mass is 319 g/mol. The molecule has 3 rings (SSSR count). The summed E-state index contributed by atoms with van der Waals surface area (Å²) in [6.45, 7) is 0. The SMILES string of the molecule is Cn1ccc2ccc(-c3nc(C(=O)O)c(Cl)c(N)c3F)cc21. The van der Waals surface area contributed by atoms with Crippen LogP contribution in [0, 0.1) is 5.82 Å². The Hall–Kier alpha value is -2.60. The molecule has 7 heteroatoms. The fourth-order valence-electron chi connectivity index (χ4n) is 2.30. The lowest BCUT2D eigenvalue weighted by atomic mass is 10.1. The number of nitrogens with two attached hydrogens (primary N) is 1. The minimum atomic E-state index is -1.36. The first-order valence-electron chi connectivity index (χ1n) is 6.33. The number of benzene rings is 1. The van der Waals surface area contributed by atoms with Gasteiger partial charge in [0.1, 0.15) is 5.69 Å². The number of rotatable bonds is 2. The van der Waals surface area contributed by atoms with Crippen molar-refractivity contribution >= 4 is 34.2 Å². The van der Waals surface area contributed by atoms with Crippen molar-refractivity contribution in [2.75, 3.05) is 5.73 Å². The molecular formula is C15H11ClFN3O2. The van der Waals surface area contributed by atoms with Gasteiger partial charge in [-0.1, -0.05) is 23.7 Å². The molecule has 0 aliphatic carbocycles. The molecule has 0 amide bonds. The molecule has 0 aliphatic rings. The number of halogens is 2. The van der Waals surface area contributed by atoms with E-state index in [0.29, 0.717) is 5.56 Å². The second-order valence-corrected chi connectivity index (χ2v) is 5.23. The molecule has 1 aromatic carbocycles. The number of anilines is 1. The van der Waals surface area contributed by atoms with Gasteiger partial charge >= 0.3 is 5.97 Å². The molecule has 3 aromatic rings. The van der Waals surface area contributed by atoms with Gasteiger partial charge in [-0.15, -0.1) is 0 Å². The highest BCUT2D eigenvalue weighted by Crippen LogP contribution is 2.33. The first-order valence-corrected chi connectivity index (χ1v) is 6.71. The van der Waals surface area contributed by atoms with Gasteiger partial charge in [0.2, 0.25) is 0 Å². The number of fused-ring (bicyclic) bond motifs is 1. The summed E-state index contributed by atoms with van der Waals surface area (Å²) < 4.78 is 16.2. The van der Waals surface area contributed by atoms with Crippen LogP contribution in [0.5, 0.6) is 0 Å². The minimum absolute atomic E-state index is 0.137. The molecule has 0 unspecified atom stereocenters. The summed E-state index contributed by atoms with van der Waals surface area (Å²) in [5.74, 6) is -2.19. The smallest absolute Gasteiger partial charge is 0.356 e. The number of aromatic carboxylic acids is 1. The zero-order valence-corrected chi connectivity index (χ0v) is 12.2. The highest BCUT2D eigenvalue weighted by atomic mass is 35.5. The van der Waals surface area contributed by atoms with Crippen LogP contribution in [0.3, 0.4) is 0 Å². The first-order chi connectivity index (χ1) is 10.4. The number of hydrogen-bond donors (Lipinski definition) is 2. The van der Waals surface area contributed by atoms with Gasteiger partial charge in [-0.3, -0.25) is 0 Å². The standard InChI is InChI=1S/C15H11ClFN3O2/c1-20-5-4-7-2-3-8(6-9(7)20)13-11(17)12(18)10(16)14(19-13)15(21)22/h2-6H,1H3,(H2,18,19)(H,21,22). The van der Waals surface area contributed by atoms with E-state index in [9.17, 15) is 9.18 Å². The minimum Gasteiger partial charge on any atom is -0.476 e. The number of nitrogen functional groups attached to an aromatic ring is 1. The predicted molar refractivity (Wildman–Crippen MR) is 82.5 cm³/mol. The highest BCUT2D eigenvalue weighted by Gasteiger charge is 2.22. The quantitative estimate of drug-likeness (QED) is 0.759. The number of aryl methyl sites for hydroxylation is 1. The molecule has 0 saturated carbocycles. The molecule has 0 saturated heterocycles. The maximum atomic E-state index is 14.3. The Bertz CT molecular complexity index is 921. The molecular weight excluding hydrogens is 309 g/mol. The Morgan fingerprint density at radius 3 is 2.82 bits per heavy atom. The van der Waals surface area contributed by atoms with E-state index in [1.54, 1.807) is 18.2 Å². The van der Waals surface area contributed by atoms with E-state index in [1.807, 2.05) is 23.9 Å². The van der Waals surface area contributed by atoms with Gasteiger partial charge in [0.15, 0.2) is 11.5 Å². The average Bonchev–Trinajstić information content (AvgIpc) is 2.86. The molecule has 3 N–H and O–H groups in total. The van der Waals surface area contributed by atoms with Crippen molar-refractivity contribution in [1.29, 1.82) is 0 Å². The molecule has 0 bridgehead atoms. The van der Waals surface area contributed by atoms with Crippen LogP contribution in [0.15, 0.2) is 30.5 Å². The van der Waals surface area contributed by atoms with Crippen LogP contribution >= 0.6 is 11.6 Å². The van der Waals surface area contributed by atoms with Crippen LogP contribution in [0.1, 0.15) is 10.5 Å². The van der Waals surface area contributed by atoms with Gasteiger partial charge in [-0.2, -0.15) is 0 Å². The van der Waals surface area contributed by atoms with Crippen molar-refractivity contribution in [1.82, 2.24) is 9.55 Å². The van der Waals surface area contributed by atoms with Gasteiger partial charge in [-0.25, -0.2) is 14.2 Å². The number of carboxylic acids is 1. The second-order valence-electron chi connectivity index (χ2n) is 4.86. The van der Waals surface area contributed by atoms with Crippen molar-refractivity contribution in [2.24, 2.45) is 7.05 Å². The summed E-state index contributed by atoms with van der Waals surface area (Å²) in [7, 11) is 1.86. The molecule has 22 heavy (non-hydrogen) atoms. The summed E-state index contributed by atoms with van der Waals surface area (Å²) in [6.07, 6.45) is 1.87. The Morgan fingerprint density at radius 1 is 1.41 bits per heavy atom. The first kappa shape index (κ1) is 14.3. The number of nitrogens with zero attached hydrogens (tertiary/aromatic N) is 2. The average molecular weight is 320 g/mol. The van der Waals surface area contributed by atoms with Gasteiger partial charge in [0.25, 0.3) is 0 Å². The summed E-state index contributed by atoms with van der Waals surface area (Å²) in [5.41, 5.74) is 5.83. The van der Waals surface area contributed by atoms with E-state index in [2.05, 4.69) is 4.98 Å². The number of carbonyl (C=O) groups is 1. The summed E-state index contributed by atoms with van der Waals surface area (Å²) >= 11 is 5.74. The van der Waals surface area contributed by atoms with E-state index >= 15 is 0 Å². The van der Waals surface area contributed by atoms with Crippen molar-refractivity contribution < 1.29 is 14.3 Å². The van der Waals surface area contributed by atoms with Gasteiger partial charge in [-0.05, 0) is 17.5 Å². The van der Waals surface area contributed by atoms with E-state index in [-0.39, 0.29) is 5.69 Å². The van der Waals surface area contributed by atoms with Crippen molar-refractivity contribution in [3.63, 3.8) is 0 Å². The highest BCUT2D eigenvalue weighted by molar-refractivity contribution is 6.35. The van der Waals surface area contributed by atoms with E-state index in [4.69, 9.17) is 22.4 Å². The molecule has 2 heterocycles. The molecule has 112 valence electrons. The van der Waals surface area contributed by atoms with Crippen LogP contribution in [0.25, 0.3) is 22.2 Å². The number of carboxylic acid groups (broad SMARTS) is 1. The number of hydrogen-bond acceptors (Lipinski definition) is 3. The third-order valence-corrected chi connectivity index (χ3v) is 3.86. The maximum absolute atomic E-state index is 14.3. The number of aromatic nitrogens is 2. The van der Waals surface area contributed by atoms with E-state index in [1.165, 1.54) is 0 Å². The largest absolute Gasteiger partial charge is 0.476 e. The van der Waals surface area contributed by atoms with Crippen molar-refractivity contribution in [2.45, 2.75) is 0 Å². The predicted octanol–water partition coefficient (Wildman–Crippen LogP) is 3.31. The third kappa shape index (κ3) is 2.08. The fourth-order valence-corrected chi connectivity index (χ4v) is 2.51. The maximum Gasteiger partial charge on any atom is 0.356 e. The third-order valence-electron chi connectivity index (χ3n) is 3.48.